The number of aliphatic hydroxyl groups excluding tert-OH is 1. The van der Waals surface area contributed by atoms with Gasteiger partial charge in [-0.1, -0.05) is 0 Å². The summed E-state index contributed by atoms with van der Waals surface area (Å²) in [7, 11) is 3.55. The molecule has 0 amide bonds. The van der Waals surface area contributed by atoms with Crippen LogP contribution < -0.4 is 0 Å². The quantitative estimate of drug-likeness (QED) is 0.602. The molecule has 0 saturated carbocycles. The van der Waals surface area contributed by atoms with Crippen LogP contribution in [-0.2, 0) is 19.1 Å². The Labute approximate surface area is 71.3 Å². The second-order valence-electron chi connectivity index (χ2n) is 1.65. The summed E-state index contributed by atoms with van der Waals surface area (Å²) >= 11 is 0. The summed E-state index contributed by atoms with van der Waals surface area (Å²) in [5.74, 6) is -0.796. The zero-order valence-electron chi connectivity index (χ0n) is 7.49. The zero-order chi connectivity index (χ0) is 9.98. The lowest BCUT2D eigenvalue weighted by Gasteiger charge is -1.96. The molecular weight excluding hydrogens is 164 g/mol. The molecule has 0 unspecified atom stereocenters. The Hall–Kier alpha value is -1.10. The third-order valence-corrected chi connectivity index (χ3v) is 0.989. The highest BCUT2D eigenvalue weighted by Gasteiger charge is 2.04. The number of methoxy groups -OCH3 is 2. The lowest BCUT2D eigenvalue weighted by atomic mass is 10.3. The van der Waals surface area contributed by atoms with E-state index in [1.54, 1.807) is 0 Å². The summed E-state index contributed by atoms with van der Waals surface area (Å²) in [6.07, 6.45) is 0.173. The highest BCUT2D eigenvalue weighted by molar-refractivity contribution is 5.77. The molecular formula is C7H14O5. The maximum absolute atomic E-state index is 10.4. The average Bonchev–Trinajstić information content (AvgIpc) is 2.16. The second-order valence-corrected chi connectivity index (χ2v) is 1.65. The molecule has 0 aliphatic rings. The van der Waals surface area contributed by atoms with Crippen molar-refractivity contribution in [2.75, 3.05) is 21.3 Å². The smallest absolute Gasteiger partial charge is 0.306 e. The van der Waals surface area contributed by atoms with E-state index in [9.17, 15) is 9.59 Å². The first kappa shape index (κ1) is 13.5. The minimum absolute atomic E-state index is 0.0865. The highest BCUT2D eigenvalue weighted by Crippen LogP contribution is 1.92. The van der Waals surface area contributed by atoms with Gasteiger partial charge < -0.3 is 14.6 Å². The Kier molecular flexibility index (Phi) is 11.1. The van der Waals surface area contributed by atoms with Crippen LogP contribution in [0.5, 0.6) is 0 Å². The molecule has 0 heterocycles. The molecule has 0 aromatic carbocycles. The predicted molar refractivity (Wildman–Crippen MR) is 41.4 cm³/mol. The number of hydrogen-bond acceptors (Lipinski definition) is 5. The normalized spacial score (nSPS) is 7.67. The largest absolute Gasteiger partial charge is 0.469 e. The molecule has 1 N–H and O–H groups in total. The van der Waals surface area contributed by atoms with E-state index in [1.807, 2.05) is 0 Å². The average molecular weight is 178 g/mol. The Morgan fingerprint density at radius 3 is 1.42 bits per heavy atom. The molecule has 0 aliphatic carbocycles. The van der Waals surface area contributed by atoms with E-state index >= 15 is 0 Å². The van der Waals surface area contributed by atoms with E-state index in [-0.39, 0.29) is 12.8 Å². The molecule has 5 nitrogen and oxygen atoms in total. The van der Waals surface area contributed by atoms with E-state index in [1.165, 1.54) is 14.2 Å². The summed E-state index contributed by atoms with van der Waals surface area (Å²) < 4.78 is 8.60. The van der Waals surface area contributed by atoms with E-state index in [4.69, 9.17) is 5.11 Å². The molecule has 0 saturated heterocycles. The van der Waals surface area contributed by atoms with Crippen LogP contribution in [0.25, 0.3) is 0 Å². The molecule has 0 aromatic rings. The van der Waals surface area contributed by atoms with Crippen molar-refractivity contribution in [3.05, 3.63) is 0 Å². The van der Waals surface area contributed by atoms with Gasteiger partial charge in [0.25, 0.3) is 0 Å². The van der Waals surface area contributed by atoms with Crippen molar-refractivity contribution in [3.8, 4) is 0 Å². The van der Waals surface area contributed by atoms with E-state index < -0.39 is 11.9 Å². The monoisotopic (exact) mass is 178 g/mol. The van der Waals surface area contributed by atoms with Gasteiger partial charge in [0.05, 0.1) is 27.1 Å². The van der Waals surface area contributed by atoms with Gasteiger partial charge in [-0.25, -0.2) is 0 Å². The Bertz CT molecular complexity index is 116. The van der Waals surface area contributed by atoms with Crippen LogP contribution in [0.2, 0.25) is 0 Å². The fraction of sp³-hybridized carbons (Fsp3) is 0.714. The first-order valence-electron chi connectivity index (χ1n) is 3.29. The first-order chi connectivity index (χ1) is 5.70. The third-order valence-electron chi connectivity index (χ3n) is 0.989. The van der Waals surface area contributed by atoms with Gasteiger partial charge in [0, 0.05) is 7.11 Å². The van der Waals surface area contributed by atoms with Crippen LogP contribution in [0.15, 0.2) is 0 Å². The van der Waals surface area contributed by atoms with E-state index in [0.29, 0.717) is 0 Å². The van der Waals surface area contributed by atoms with Gasteiger partial charge in [0.1, 0.15) is 0 Å². The fourth-order valence-electron chi connectivity index (χ4n) is 0.408. The summed E-state index contributed by atoms with van der Waals surface area (Å²) in [4.78, 5) is 20.8. The summed E-state index contributed by atoms with van der Waals surface area (Å²) in [5, 5.41) is 7.00. The standard InChI is InChI=1S/C6H10O4.CH4O/c1-9-5(7)3-4-6(8)10-2;1-2/h3-4H2,1-2H3;2H,1H3. The minimum Gasteiger partial charge on any atom is -0.469 e. The number of hydrogen-bond donors (Lipinski definition) is 1. The fourth-order valence-corrected chi connectivity index (χ4v) is 0.408. The SMILES string of the molecule is CO.COC(=O)CCC(=O)OC. The van der Waals surface area contributed by atoms with Crippen molar-refractivity contribution in [1.29, 1.82) is 0 Å². The van der Waals surface area contributed by atoms with Crippen LogP contribution in [0, 0.1) is 0 Å². The van der Waals surface area contributed by atoms with E-state index in [0.717, 1.165) is 7.11 Å². The Morgan fingerprint density at radius 2 is 1.25 bits per heavy atom. The van der Waals surface area contributed by atoms with Gasteiger partial charge >= 0.3 is 11.9 Å². The second kappa shape index (κ2) is 9.90. The highest BCUT2D eigenvalue weighted by atomic mass is 16.5. The number of carbonyl (C=O) groups is 2. The molecule has 0 aliphatic heterocycles. The minimum atomic E-state index is -0.398. The van der Waals surface area contributed by atoms with Crippen LogP contribution in [0.3, 0.4) is 0 Å². The molecule has 5 heteroatoms. The molecule has 0 rings (SSSR count). The summed E-state index contributed by atoms with van der Waals surface area (Å²) in [5.41, 5.74) is 0. The molecule has 0 bridgehead atoms. The molecule has 72 valence electrons. The van der Waals surface area contributed by atoms with E-state index in [2.05, 4.69) is 9.47 Å². The Morgan fingerprint density at radius 1 is 1.00 bits per heavy atom. The van der Waals surface area contributed by atoms with Crippen LogP contribution in [0.4, 0.5) is 0 Å². The van der Waals surface area contributed by atoms with Crippen molar-refractivity contribution in [2.24, 2.45) is 0 Å². The number of carbonyl (C=O) groups excluding carboxylic acids is 2. The molecule has 0 atom stereocenters. The van der Waals surface area contributed by atoms with Crippen LogP contribution in [-0.4, -0.2) is 38.4 Å². The van der Waals surface area contributed by atoms with Gasteiger partial charge in [-0.05, 0) is 0 Å². The van der Waals surface area contributed by atoms with Crippen molar-refractivity contribution in [3.63, 3.8) is 0 Å². The maximum atomic E-state index is 10.4. The van der Waals surface area contributed by atoms with Crippen molar-refractivity contribution >= 4 is 11.9 Å². The van der Waals surface area contributed by atoms with Gasteiger partial charge in [-0.3, -0.25) is 9.59 Å². The molecule has 0 fully saturated rings. The number of esters is 2. The van der Waals surface area contributed by atoms with Gasteiger partial charge in [0.2, 0.25) is 0 Å². The predicted octanol–water partition coefficient (Wildman–Crippen LogP) is -0.279. The molecule has 0 aromatic heterocycles. The lowest BCUT2D eigenvalue weighted by molar-refractivity contribution is -0.147. The molecule has 12 heavy (non-hydrogen) atoms. The van der Waals surface area contributed by atoms with Crippen molar-refractivity contribution < 1.29 is 24.2 Å². The van der Waals surface area contributed by atoms with Crippen molar-refractivity contribution in [2.45, 2.75) is 12.8 Å². The molecule has 0 radical (unpaired) electrons. The Balaban J connectivity index is 0. The van der Waals surface area contributed by atoms with Gasteiger partial charge in [0.15, 0.2) is 0 Å². The van der Waals surface area contributed by atoms with Gasteiger partial charge in [-0.15, -0.1) is 0 Å². The maximum Gasteiger partial charge on any atom is 0.306 e. The summed E-state index contributed by atoms with van der Waals surface area (Å²) in [6, 6.07) is 0. The number of ether oxygens (including phenoxy) is 2. The topological polar surface area (TPSA) is 72.8 Å². The first-order valence-corrected chi connectivity index (χ1v) is 3.29. The lowest BCUT2D eigenvalue weighted by Crippen LogP contribution is -2.06. The molecule has 0 spiro atoms. The third kappa shape index (κ3) is 8.90. The summed E-state index contributed by atoms with van der Waals surface area (Å²) in [6.45, 7) is 0. The van der Waals surface area contributed by atoms with Crippen LogP contribution in [0.1, 0.15) is 12.8 Å². The number of aliphatic hydroxyl groups is 1. The number of rotatable bonds is 3. The van der Waals surface area contributed by atoms with Gasteiger partial charge in [-0.2, -0.15) is 0 Å². The zero-order valence-corrected chi connectivity index (χ0v) is 7.49. The van der Waals surface area contributed by atoms with Crippen LogP contribution >= 0.6 is 0 Å². The van der Waals surface area contributed by atoms with Crippen molar-refractivity contribution in [1.82, 2.24) is 0 Å².